The molecular weight excluding hydrogens is 250 g/mol. The van der Waals surface area contributed by atoms with Gasteiger partial charge in [-0.3, -0.25) is 4.79 Å². The number of likely N-dealkylation sites (N-methyl/N-ethyl adjacent to an activating group) is 1. The number of piperidine rings is 1. The highest BCUT2D eigenvalue weighted by atomic mass is 16.1. The first-order chi connectivity index (χ1) is 9.49. The van der Waals surface area contributed by atoms with Crippen LogP contribution >= 0.6 is 0 Å². The van der Waals surface area contributed by atoms with E-state index in [1.165, 1.54) is 19.3 Å². The molecule has 1 saturated heterocycles. The molecule has 20 heavy (non-hydrogen) atoms. The Morgan fingerprint density at radius 3 is 2.70 bits per heavy atom. The van der Waals surface area contributed by atoms with Gasteiger partial charge in [-0.25, -0.2) is 0 Å². The van der Waals surface area contributed by atoms with Crippen LogP contribution in [0, 0.1) is 17.8 Å². The summed E-state index contributed by atoms with van der Waals surface area (Å²) >= 11 is 0. The number of rotatable bonds is 3. The summed E-state index contributed by atoms with van der Waals surface area (Å²) in [6, 6.07) is 0.693. The van der Waals surface area contributed by atoms with Crippen molar-refractivity contribution in [3.05, 3.63) is 0 Å². The van der Waals surface area contributed by atoms with Gasteiger partial charge in [0.05, 0.1) is 0 Å². The van der Waals surface area contributed by atoms with Gasteiger partial charge in [-0.1, -0.05) is 20.3 Å². The molecule has 1 aliphatic carbocycles. The monoisotopic (exact) mass is 281 g/mol. The lowest BCUT2D eigenvalue weighted by molar-refractivity contribution is -0.128. The normalized spacial score (nSPS) is 39.5. The van der Waals surface area contributed by atoms with Crippen molar-refractivity contribution in [2.75, 3.05) is 20.1 Å². The third-order valence-electron chi connectivity index (χ3n) is 5.46. The summed E-state index contributed by atoms with van der Waals surface area (Å²) in [6.45, 7) is 6.34. The molecule has 1 amide bonds. The summed E-state index contributed by atoms with van der Waals surface area (Å²) in [5.41, 5.74) is 6.14. The second kappa shape index (κ2) is 6.90. The van der Waals surface area contributed by atoms with Crippen LogP contribution in [0.2, 0.25) is 0 Å². The van der Waals surface area contributed by atoms with Gasteiger partial charge in [0.25, 0.3) is 0 Å². The van der Waals surface area contributed by atoms with Crippen molar-refractivity contribution in [3.63, 3.8) is 0 Å². The summed E-state index contributed by atoms with van der Waals surface area (Å²) in [7, 11) is 2.16. The van der Waals surface area contributed by atoms with E-state index in [9.17, 15) is 4.79 Å². The number of carbonyl (C=O) groups excluding carboxylic acids is 1. The molecule has 0 radical (unpaired) electrons. The summed E-state index contributed by atoms with van der Waals surface area (Å²) in [6.07, 6.45) is 5.69. The second-order valence-corrected chi connectivity index (χ2v) is 7.07. The van der Waals surface area contributed by atoms with E-state index in [1.807, 2.05) is 0 Å². The quantitative estimate of drug-likeness (QED) is 0.826. The van der Waals surface area contributed by atoms with Gasteiger partial charge in [0.15, 0.2) is 0 Å². The Balaban J connectivity index is 1.82. The maximum Gasteiger partial charge on any atom is 0.223 e. The number of hydrogen-bond donors (Lipinski definition) is 2. The van der Waals surface area contributed by atoms with Crippen LogP contribution < -0.4 is 11.1 Å². The van der Waals surface area contributed by atoms with Crippen molar-refractivity contribution in [3.8, 4) is 0 Å². The van der Waals surface area contributed by atoms with E-state index >= 15 is 0 Å². The SMILES string of the molecule is CC1CC(C)C(C(=O)NCC2CCCCN2C)CC1N. The average Bonchev–Trinajstić information content (AvgIpc) is 2.41. The number of hydrogen-bond acceptors (Lipinski definition) is 3. The van der Waals surface area contributed by atoms with Crippen LogP contribution in [0.15, 0.2) is 0 Å². The van der Waals surface area contributed by atoms with Crippen LogP contribution in [0.1, 0.15) is 46.0 Å². The lowest BCUT2D eigenvalue weighted by Crippen LogP contribution is -2.49. The van der Waals surface area contributed by atoms with Crippen molar-refractivity contribution in [2.45, 2.75) is 58.0 Å². The second-order valence-electron chi connectivity index (χ2n) is 7.07. The lowest BCUT2D eigenvalue weighted by atomic mass is 9.72. The molecule has 0 spiro atoms. The van der Waals surface area contributed by atoms with Gasteiger partial charge >= 0.3 is 0 Å². The molecular formula is C16H31N3O. The number of nitrogens with one attached hydrogen (secondary N) is 1. The molecule has 0 aromatic carbocycles. The van der Waals surface area contributed by atoms with E-state index in [4.69, 9.17) is 5.73 Å². The number of amides is 1. The van der Waals surface area contributed by atoms with Crippen molar-refractivity contribution in [1.82, 2.24) is 10.2 Å². The van der Waals surface area contributed by atoms with E-state index in [0.29, 0.717) is 17.9 Å². The van der Waals surface area contributed by atoms with Crippen LogP contribution in [-0.2, 0) is 4.79 Å². The molecule has 116 valence electrons. The Kier molecular flexibility index (Phi) is 5.44. The standard InChI is InChI=1S/C16H31N3O/c1-11-8-12(2)15(17)9-14(11)16(20)18-10-13-6-4-5-7-19(13)3/h11-15H,4-10,17H2,1-3H3,(H,18,20). The average molecular weight is 281 g/mol. The Bertz CT molecular complexity index is 334. The molecule has 5 atom stereocenters. The van der Waals surface area contributed by atoms with Gasteiger partial charge in [0.2, 0.25) is 5.91 Å². The van der Waals surface area contributed by atoms with Crippen molar-refractivity contribution < 1.29 is 4.79 Å². The van der Waals surface area contributed by atoms with E-state index in [1.54, 1.807) is 0 Å². The fraction of sp³-hybridized carbons (Fsp3) is 0.938. The van der Waals surface area contributed by atoms with Crippen LogP contribution in [0.5, 0.6) is 0 Å². The summed E-state index contributed by atoms with van der Waals surface area (Å²) in [5.74, 6) is 1.32. The van der Waals surface area contributed by atoms with E-state index in [-0.39, 0.29) is 17.9 Å². The molecule has 0 aromatic rings. The van der Waals surface area contributed by atoms with E-state index in [0.717, 1.165) is 25.9 Å². The molecule has 2 aliphatic rings. The number of nitrogens with two attached hydrogens (primary N) is 1. The fourth-order valence-corrected chi connectivity index (χ4v) is 3.80. The Morgan fingerprint density at radius 2 is 2.00 bits per heavy atom. The minimum atomic E-state index is 0.107. The van der Waals surface area contributed by atoms with Gasteiger partial charge in [0, 0.05) is 24.5 Å². The number of nitrogens with zero attached hydrogens (tertiary/aromatic N) is 1. The molecule has 1 saturated carbocycles. The third-order valence-corrected chi connectivity index (χ3v) is 5.46. The van der Waals surface area contributed by atoms with Crippen LogP contribution in [-0.4, -0.2) is 43.0 Å². The first kappa shape index (κ1) is 15.8. The minimum Gasteiger partial charge on any atom is -0.354 e. The van der Waals surface area contributed by atoms with E-state index < -0.39 is 0 Å². The largest absolute Gasteiger partial charge is 0.354 e. The zero-order valence-corrected chi connectivity index (χ0v) is 13.3. The van der Waals surface area contributed by atoms with Gasteiger partial charge < -0.3 is 16.0 Å². The van der Waals surface area contributed by atoms with E-state index in [2.05, 4.69) is 31.1 Å². The van der Waals surface area contributed by atoms with Crippen LogP contribution in [0.25, 0.3) is 0 Å². The molecule has 4 heteroatoms. The van der Waals surface area contributed by atoms with Crippen molar-refractivity contribution in [2.24, 2.45) is 23.5 Å². The summed E-state index contributed by atoms with van der Waals surface area (Å²) in [5, 5.41) is 3.18. The molecule has 5 unspecified atom stereocenters. The fourth-order valence-electron chi connectivity index (χ4n) is 3.80. The van der Waals surface area contributed by atoms with Crippen molar-refractivity contribution >= 4 is 5.91 Å². The molecule has 4 nitrogen and oxygen atoms in total. The zero-order valence-electron chi connectivity index (χ0n) is 13.3. The third kappa shape index (κ3) is 3.73. The molecule has 1 heterocycles. The minimum absolute atomic E-state index is 0.107. The molecule has 3 N–H and O–H groups in total. The highest BCUT2D eigenvalue weighted by molar-refractivity contribution is 5.79. The zero-order chi connectivity index (χ0) is 14.7. The van der Waals surface area contributed by atoms with Crippen LogP contribution in [0.3, 0.4) is 0 Å². The summed E-state index contributed by atoms with van der Waals surface area (Å²) < 4.78 is 0. The molecule has 2 fully saturated rings. The molecule has 2 rings (SSSR count). The van der Waals surface area contributed by atoms with Crippen molar-refractivity contribution in [1.29, 1.82) is 0 Å². The Labute approximate surface area is 123 Å². The topological polar surface area (TPSA) is 58.4 Å². The highest BCUT2D eigenvalue weighted by Gasteiger charge is 2.35. The first-order valence-electron chi connectivity index (χ1n) is 8.22. The molecule has 0 bridgehead atoms. The predicted octanol–water partition coefficient (Wildman–Crippen LogP) is 1.60. The lowest BCUT2D eigenvalue weighted by Gasteiger charge is -2.37. The number of likely N-dealkylation sites (tertiary alicyclic amines) is 1. The Morgan fingerprint density at radius 1 is 1.25 bits per heavy atom. The first-order valence-corrected chi connectivity index (χ1v) is 8.22. The maximum absolute atomic E-state index is 12.4. The van der Waals surface area contributed by atoms with Crippen LogP contribution in [0.4, 0.5) is 0 Å². The molecule has 1 aliphatic heterocycles. The Hall–Kier alpha value is -0.610. The van der Waals surface area contributed by atoms with Gasteiger partial charge in [0.1, 0.15) is 0 Å². The summed E-state index contributed by atoms with van der Waals surface area (Å²) in [4.78, 5) is 14.8. The smallest absolute Gasteiger partial charge is 0.223 e. The number of carbonyl (C=O) groups is 1. The maximum atomic E-state index is 12.4. The predicted molar refractivity (Wildman–Crippen MR) is 82.3 cm³/mol. The molecule has 0 aromatic heterocycles. The highest BCUT2D eigenvalue weighted by Crippen LogP contribution is 2.32. The van der Waals surface area contributed by atoms with Gasteiger partial charge in [-0.15, -0.1) is 0 Å². The van der Waals surface area contributed by atoms with Gasteiger partial charge in [-0.2, -0.15) is 0 Å². The van der Waals surface area contributed by atoms with Gasteiger partial charge in [-0.05, 0) is 51.1 Å².